The summed E-state index contributed by atoms with van der Waals surface area (Å²) in [6.07, 6.45) is -0.0207. The molecule has 5 nitrogen and oxygen atoms in total. The summed E-state index contributed by atoms with van der Waals surface area (Å²) in [6, 6.07) is 10.1. The largest absolute Gasteiger partial charge is 0.448 e. The molecule has 0 N–H and O–H groups in total. The van der Waals surface area contributed by atoms with E-state index in [2.05, 4.69) is 11.1 Å². The van der Waals surface area contributed by atoms with Crippen LogP contribution in [0.15, 0.2) is 46.5 Å². The van der Waals surface area contributed by atoms with Gasteiger partial charge in [0.1, 0.15) is 5.01 Å². The molecule has 0 aliphatic carbocycles. The van der Waals surface area contributed by atoms with Crippen LogP contribution in [-0.4, -0.2) is 34.4 Å². The highest BCUT2D eigenvalue weighted by Crippen LogP contribution is 2.26. The Morgan fingerprint density at radius 2 is 2.00 bits per heavy atom. The molecule has 2 aromatic heterocycles. The van der Waals surface area contributed by atoms with Crippen LogP contribution in [0.25, 0.3) is 10.6 Å². The first-order valence-corrected chi connectivity index (χ1v) is 10.5. The molecule has 1 aromatic carbocycles. The van der Waals surface area contributed by atoms with Crippen molar-refractivity contribution in [2.45, 2.75) is 26.0 Å². The molecular formula is C20H18N2O3S2. The summed E-state index contributed by atoms with van der Waals surface area (Å²) >= 11 is 2.97. The number of thiophene rings is 1. The van der Waals surface area contributed by atoms with Crippen LogP contribution in [0.5, 0.6) is 0 Å². The SMILES string of the molecule is CC(OC(=O)c1csc(-c2ccsc2)n1)C(=O)N1CCc2ccccc2C1. The van der Waals surface area contributed by atoms with E-state index in [1.165, 1.54) is 16.9 Å². The molecule has 1 amide bonds. The van der Waals surface area contributed by atoms with E-state index in [9.17, 15) is 9.59 Å². The number of ether oxygens (including phenoxy) is 1. The lowest BCUT2D eigenvalue weighted by molar-refractivity contribution is -0.140. The number of thiazole rings is 1. The Labute approximate surface area is 165 Å². The number of aromatic nitrogens is 1. The monoisotopic (exact) mass is 398 g/mol. The summed E-state index contributed by atoms with van der Waals surface area (Å²) < 4.78 is 5.39. The highest BCUT2D eigenvalue weighted by molar-refractivity contribution is 7.14. The molecule has 138 valence electrons. The van der Waals surface area contributed by atoms with Crippen molar-refractivity contribution in [2.75, 3.05) is 6.54 Å². The lowest BCUT2D eigenvalue weighted by Crippen LogP contribution is -2.42. The third-order valence-corrected chi connectivity index (χ3v) is 6.13. The fourth-order valence-electron chi connectivity index (χ4n) is 3.10. The van der Waals surface area contributed by atoms with Crippen molar-refractivity contribution in [1.29, 1.82) is 0 Å². The topological polar surface area (TPSA) is 59.5 Å². The number of carbonyl (C=O) groups is 2. The van der Waals surface area contributed by atoms with E-state index in [-0.39, 0.29) is 11.6 Å². The maximum Gasteiger partial charge on any atom is 0.358 e. The maximum absolute atomic E-state index is 12.7. The molecule has 1 unspecified atom stereocenters. The fourth-order valence-corrected chi connectivity index (χ4v) is 4.60. The van der Waals surface area contributed by atoms with Crippen LogP contribution in [-0.2, 0) is 22.5 Å². The fraction of sp³-hybridized carbons (Fsp3) is 0.250. The van der Waals surface area contributed by atoms with Crippen molar-refractivity contribution in [3.05, 3.63) is 63.3 Å². The minimum absolute atomic E-state index is 0.175. The van der Waals surface area contributed by atoms with Gasteiger partial charge in [-0.25, -0.2) is 9.78 Å². The van der Waals surface area contributed by atoms with Crippen LogP contribution >= 0.6 is 22.7 Å². The Kier molecular flexibility index (Phi) is 5.05. The Balaban J connectivity index is 1.39. The third kappa shape index (κ3) is 3.79. The van der Waals surface area contributed by atoms with Crippen LogP contribution in [0.1, 0.15) is 28.5 Å². The number of nitrogens with zero attached hydrogens (tertiary/aromatic N) is 2. The van der Waals surface area contributed by atoms with Crippen molar-refractivity contribution in [2.24, 2.45) is 0 Å². The summed E-state index contributed by atoms with van der Waals surface area (Å²) in [4.78, 5) is 31.2. The van der Waals surface area contributed by atoms with Gasteiger partial charge in [-0.15, -0.1) is 11.3 Å². The van der Waals surface area contributed by atoms with Gasteiger partial charge in [0.15, 0.2) is 11.8 Å². The standard InChI is InChI=1S/C20H18N2O3S2/c1-13(19(23)22-8-6-14-4-2-3-5-15(14)10-22)25-20(24)17-12-27-18(21-17)16-7-9-26-11-16/h2-5,7,9,11-13H,6,8,10H2,1H3. The van der Waals surface area contributed by atoms with Gasteiger partial charge in [-0.1, -0.05) is 24.3 Å². The quantitative estimate of drug-likeness (QED) is 0.623. The van der Waals surface area contributed by atoms with Gasteiger partial charge in [-0.3, -0.25) is 4.79 Å². The first-order valence-electron chi connectivity index (χ1n) is 8.66. The molecule has 3 aromatic rings. The Bertz CT molecular complexity index is 965. The van der Waals surface area contributed by atoms with Crippen LogP contribution in [0, 0.1) is 0 Å². The second-order valence-corrected chi connectivity index (χ2v) is 8.01. The highest BCUT2D eigenvalue weighted by atomic mass is 32.1. The molecule has 0 bridgehead atoms. The molecule has 1 atom stereocenters. The lowest BCUT2D eigenvalue weighted by Gasteiger charge is -2.30. The second kappa shape index (κ2) is 7.62. The van der Waals surface area contributed by atoms with E-state index in [0.717, 1.165) is 22.6 Å². The number of carbonyl (C=O) groups excluding carboxylic acids is 2. The second-order valence-electron chi connectivity index (χ2n) is 6.38. The van der Waals surface area contributed by atoms with Crippen molar-refractivity contribution < 1.29 is 14.3 Å². The van der Waals surface area contributed by atoms with Gasteiger partial charge in [0, 0.05) is 29.4 Å². The van der Waals surface area contributed by atoms with Crippen LogP contribution < -0.4 is 0 Å². The van der Waals surface area contributed by atoms with E-state index < -0.39 is 12.1 Å². The van der Waals surface area contributed by atoms with Crippen molar-refractivity contribution in [3.8, 4) is 10.6 Å². The minimum Gasteiger partial charge on any atom is -0.448 e. The molecule has 0 spiro atoms. The van der Waals surface area contributed by atoms with E-state index in [1.807, 2.05) is 35.0 Å². The number of esters is 1. The average molecular weight is 399 g/mol. The molecular weight excluding hydrogens is 380 g/mol. The van der Waals surface area contributed by atoms with E-state index >= 15 is 0 Å². The molecule has 0 fully saturated rings. The van der Waals surface area contributed by atoms with E-state index in [4.69, 9.17) is 4.74 Å². The summed E-state index contributed by atoms with van der Waals surface area (Å²) in [5.41, 5.74) is 3.65. The van der Waals surface area contributed by atoms with Crippen LogP contribution in [0.2, 0.25) is 0 Å². The molecule has 3 heterocycles. The first-order chi connectivity index (χ1) is 13.1. The lowest BCUT2D eigenvalue weighted by atomic mass is 9.99. The van der Waals surface area contributed by atoms with Crippen molar-refractivity contribution in [3.63, 3.8) is 0 Å². The third-order valence-electron chi connectivity index (χ3n) is 4.56. The van der Waals surface area contributed by atoms with Crippen molar-refractivity contribution >= 4 is 34.6 Å². The minimum atomic E-state index is -0.839. The predicted molar refractivity (Wildman–Crippen MR) is 106 cm³/mol. The molecule has 27 heavy (non-hydrogen) atoms. The molecule has 1 aliphatic rings. The van der Waals surface area contributed by atoms with Crippen LogP contribution in [0.4, 0.5) is 0 Å². The highest BCUT2D eigenvalue weighted by Gasteiger charge is 2.27. The number of hydrogen-bond donors (Lipinski definition) is 0. The van der Waals surface area contributed by atoms with Gasteiger partial charge < -0.3 is 9.64 Å². The molecule has 1 aliphatic heterocycles. The summed E-state index contributed by atoms with van der Waals surface area (Å²) in [6.45, 7) is 2.81. The van der Waals surface area contributed by atoms with Gasteiger partial charge in [0.25, 0.3) is 5.91 Å². The number of hydrogen-bond acceptors (Lipinski definition) is 6. The van der Waals surface area contributed by atoms with Crippen LogP contribution in [0.3, 0.4) is 0 Å². The van der Waals surface area contributed by atoms with Crippen molar-refractivity contribution in [1.82, 2.24) is 9.88 Å². The maximum atomic E-state index is 12.7. The van der Waals surface area contributed by atoms with E-state index in [1.54, 1.807) is 28.5 Å². The number of rotatable bonds is 4. The Morgan fingerprint density at radius 1 is 1.19 bits per heavy atom. The summed E-state index contributed by atoms with van der Waals surface area (Å²) in [5, 5.41) is 6.39. The molecule has 0 saturated heterocycles. The smallest absolute Gasteiger partial charge is 0.358 e. The summed E-state index contributed by atoms with van der Waals surface area (Å²) in [5.74, 6) is -0.739. The molecule has 7 heteroatoms. The molecule has 0 radical (unpaired) electrons. The first kappa shape index (κ1) is 17.9. The summed E-state index contributed by atoms with van der Waals surface area (Å²) in [7, 11) is 0. The van der Waals surface area contributed by atoms with Gasteiger partial charge in [0.05, 0.1) is 0 Å². The molecule has 0 saturated carbocycles. The Hall–Kier alpha value is -2.51. The van der Waals surface area contributed by atoms with Gasteiger partial charge >= 0.3 is 5.97 Å². The van der Waals surface area contributed by atoms with Gasteiger partial charge in [-0.2, -0.15) is 11.3 Å². The van der Waals surface area contributed by atoms with Gasteiger partial charge in [0.2, 0.25) is 0 Å². The zero-order valence-corrected chi connectivity index (χ0v) is 16.4. The number of fused-ring (bicyclic) bond motifs is 1. The normalized spacial score (nSPS) is 14.5. The average Bonchev–Trinajstić information content (AvgIpc) is 3.38. The zero-order valence-electron chi connectivity index (χ0n) is 14.8. The van der Waals surface area contributed by atoms with Gasteiger partial charge in [-0.05, 0) is 35.9 Å². The Morgan fingerprint density at radius 3 is 2.78 bits per heavy atom. The zero-order chi connectivity index (χ0) is 18.8. The number of amides is 1. The number of benzene rings is 1. The molecule has 4 rings (SSSR count). The predicted octanol–water partition coefficient (Wildman–Crippen LogP) is 4.00. The van der Waals surface area contributed by atoms with E-state index in [0.29, 0.717) is 13.1 Å².